The van der Waals surface area contributed by atoms with E-state index in [1.165, 1.54) is 6.42 Å². The van der Waals surface area contributed by atoms with Crippen molar-refractivity contribution in [3.8, 4) is 0 Å². The number of fused-ring (bicyclic) bond motifs is 1. The third kappa shape index (κ3) is 4.06. The molecule has 1 atom stereocenters. The van der Waals surface area contributed by atoms with Crippen LogP contribution in [0.4, 0.5) is 11.4 Å². The summed E-state index contributed by atoms with van der Waals surface area (Å²) >= 11 is 6.03. The zero-order chi connectivity index (χ0) is 20.4. The number of piperidine rings is 1. The fourth-order valence-electron chi connectivity index (χ4n) is 3.99. The summed E-state index contributed by atoms with van der Waals surface area (Å²) in [6, 6.07) is 11.7. The number of amides is 1. The van der Waals surface area contributed by atoms with E-state index >= 15 is 0 Å². The normalized spacial score (nSPS) is 16.8. The Bertz CT molecular complexity index is 1030. The number of halogens is 1. The van der Waals surface area contributed by atoms with Gasteiger partial charge in [-0.1, -0.05) is 18.5 Å². The quantitative estimate of drug-likeness (QED) is 0.598. The van der Waals surface area contributed by atoms with Crippen LogP contribution in [0.15, 0.2) is 42.6 Å². The SMILES string of the molecule is CC[C@H]1CCCCN1C(=O)c1cnc2nc(C)ccc2c1Nc1ccc(Cl)cc1. The summed E-state index contributed by atoms with van der Waals surface area (Å²) in [5, 5.41) is 4.93. The maximum Gasteiger partial charge on any atom is 0.257 e. The van der Waals surface area contributed by atoms with Crippen molar-refractivity contribution in [1.29, 1.82) is 0 Å². The predicted molar refractivity (Wildman–Crippen MR) is 118 cm³/mol. The van der Waals surface area contributed by atoms with Crippen LogP contribution in [0.1, 0.15) is 48.7 Å². The van der Waals surface area contributed by atoms with Gasteiger partial charge in [0, 0.05) is 40.6 Å². The second-order valence-electron chi connectivity index (χ2n) is 7.56. The molecule has 6 heteroatoms. The molecule has 0 saturated carbocycles. The standard InChI is InChI=1S/C23H25ClN4O/c1-3-18-6-4-5-13-28(18)23(29)20-14-25-22-19(12-7-15(2)26-22)21(20)27-17-10-8-16(24)9-11-17/h7-12,14,18H,3-6,13H2,1-2H3,(H,25,26,27)/t18-/m0/s1. The number of likely N-dealkylation sites (tertiary alicyclic amines) is 1. The summed E-state index contributed by atoms with van der Waals surface area (Å²) in [4.78, 5) is 24.6. The van der Waals surface area contributed by atoms with Crippen molar-refractivity contribution in [2.24, 2.45) is 0 Å². The average molecular weight is 409 g/mol. The molecule has 0 radical (unpaired) electrons. The van der Waals surface area contributed by atoms with Gasteiger partial charge in [-0.2, -0.15) is 0 Å². The van der Waals surface area contributed by atoms with Crippen molar-refractivity contribution < 1.29 is 4.79 Å². The number of anilines is 2. The van der Waals surface area contributed by atoms with Gasteiger partial charge in [0.25, 0.3) is 5.91 Å². The molecule has 1 amide bonds. The summed E-state index contributed by atoms with van der Waals surface area (Å²) in [7, 11) is 0. The number of aryl methyl sites for hydroxylation is 1. The molecule has 150 valence electrons. The van der Waals surface area contributed by atoms with Gasteiger partial charge >= 0.3 is 0 Å². The molecule has 5 nitrogen and oxygen atoms in total. The van der Waals surface area contributed by atoms with E-state index in [-0.39, 0.29) is 11.9 Å². The lowest BCUT2D eigenvalue weighted by atomic mass is 9.98. The van der Waals surface area contributed by atoms with Gasteiger partial charge in [0.15, 0.2) is 5.65 Å². The predicted octanol–water partition coefficient (Wildman–Crippen LogP) is 5.74. The van der Waals surface area contributed by atoms with E-state index in [1.54, 1.807) is 6.20 Å². The van der Waals surface area contributed by atoms with Gasteiger partial charge in [0.2, 0.25) is 0 Å². The largest absolute Gasteiger partial charge is 0.354 e. The number of aromatic nitrogens is 2. The molecule has 1 aliphatic rings. The van der Waals surface area contributed by atoms with Crippen LogP contribution in [0.2, 0.25) is 5.02 Å². The molecule has 0 unspecified atom stereocenters. The lowest BCUT2D eigenvalue weighted by Gasteiger charge is -2.35. The van der Waals surface area contributed by atoms with Gasteiger partial charge < -0.3 is 10.2 Å². The second-order valence-corrected chi connectivity index (χ2v) is 8.00. The molecule has 3 heterocycles. The van der Waals surface area contributed by atoms with Gasteiger partial charge in [-0.15, -0.1) is 0 Å². The monoisotopic (exact) mass is 408 g/mol. The lowest BCUT2D eigenvalue weighted by Crippen LogP contribution is -2.43. The minimum atomic E-state index is 0.0305. The Morgan fingerprint density at radius 2 is 2.00 bits per heavy atom. The Labute approximate surface area is 176 Å². The van der Waals surface area contributed by atoms with Crippen molar-refractivity contribution in [3.63, 3.8) is 0 Å². The van der Waals surface area contributed by atoms with Crippen LogP contribution in [0.3, 0.4) is 0 Å². The van der Waals surface area contributed by atoms with E-state index in [0.29, 0.717) is 16.2 Å². The Balaban J connectivity index is 1.81. The Hall–Kier alpha value is -2.66. The molecule has 1 aliphatic heterocycles. The van der Waals surface area contributed by atoms with Crippen molar-refractivity contribution >= 4 is 39.9 Å². The van der Waals surface area contributed by atoms with Gasteiger partial charge in [0.05, 0.1) is 11.3 Å². The van der Waals surface area contributed by atoms with Crippen molar-refractivity contribution in [1.82, 2.24) is 14.9 Å². The maximum atomic E-state index is 13.5. The van der Waals surface area contributed by atoms with E-state index in [0.717, 1.165) is 48.3 Å². The molecular formula is C23H25ClN4O. The van der Waals surface area contributed by atoms with E-state index < -0.39 is 0 Å². The molecule has 4 rings (SSSR count). The molecule has 0 aliphatic carbocycles. The molecule has 0 spiro atoms. The highest BCUT2D eigenvalue weighted by atomic mass is 35.5. The first-order valence-electron chi connectivity index (χ1n) is 10.2. The number of carbonyl (C=O) groups excluding carboxylic acids is 1. The third-order valence-electron chi connectivity index (χ3n) is 5.57. The highest BCUT2D eigenvalue weighted by Crippen LogP contribution is 2.32. The molecule has 3 aromatic rings. The van der Waals surface area contributed by atoms with Crippen molar-refractivity contribution in [2.45, 2.75) is 45.6 Å². The first kappa shape index (κ1) is 19.6. The van der Waals surface area contributed by atoms with Crippen LogP contribution in [0, 0.1) is 6.92 Å². The number of nitrogens with zero attached hydrogens (tertiary/aromatic N) is 3. The average Bonchev–Trinajstić information content (AvgIpc) is 2.74. The molecule has 0 bridgehead atoms. The summed E-state index contributed by atoms with van der Waals surface area (Å²) in [6.45, 7) is 4.88. The molecule has 1 aromatic carbocycles. The van der Waals surface area contributed by atoms with E-state index in [1.807, 2.05) is 48.2 Å². The number of carbonyl (C=O) groups is 1. The highest BCUT2D eigenvalue weighted by molar-refractivity contribution is 6.30. The van der Waals surface area contributed by atoms with Crippen molar-refractivity contribution in [3.05, 3.63) is 58.9 Å². The number of hydrogen-bond donors (Lipinski definition) is 1. The van der Waals surface area contributed by atoms with E-state index in [4.69, 9.17) is 11.6 Å². The van der Waals surface area contributed by atoms with E-state index in [9.17, 15) is 4.79 Å². The maximum absolute atomic E-state index is 13.5. The smallest absolute Gasteiger partial charge is 0.257 e. The van der Waals surface area contributed by atoms with Crippen LogP contribution in [0.25, 0.3) is 11.0 Å². The zero-order valence-electron chi connectivity index (χ0n) is 16.8. The second kappa shape index (κ2) is 8.37. The van der Waals surface area contributed by atoms with Crippen LogP contribution in [-0.2, 0) is 0 Å². The summed E-state index contributed by atoms with van der Waals surface area (Å²) in [5.74, 6) is 0.0305. The summed E-state index contributed by atoms with van der Waals surface area (Å²) in [5.41, 5.74) is 3.71. The zero-order valence-corrected chi connectivity index (χ0v) is 17.5. The molecule has 1 fully saturated rings. The molecule has 1 saturated heterocycles. The molecule has 1 N–H and O–H groups in total. The summed E-state index contributed by atoms with van der Waals surface area (Å²) in [6.07, 6.45) is 5.91. The first-order chi connectivity index (χ1) is 14.1. The third-order valence-corrected chi connectivity index (χ3v) is 5.82. The molecule has 2 aromatic heterocycles. The van der Waals surface area contributed by atoms with Gasteiger partial charge in [-0.05, 0) is 69.0 Å². The highest BCUT2D eigenvalue weighted by Gasteiger charge is 2.28. The molecular weight excluding hydrogens is 384 g/mol. The van der Waals surface area contributed by atoms with Crippen LogP contribution >= 0.6 is 11.6 Å². The summed E-state index contributed by atoms with van der Waals surface area (Å²) < 4.78 is 0. The Kier molecular flexibility index (Phi) is 5.67. The topological polar surface area (TPSA) is 58.1 Å². The number of hydrogen-bond acceptors (Lipinski definition) is 4. The van der Waals surface area contributed by atoms with Crippen LogP contribution in [0.5, 0.6) is 0 Å². The fourth-order valence-corrected chi connectivity index (χ4v) is 4.12. The van der Waals surface area contributed by atoms with Crippen LogP contribution < -0.4 is 5.32 Å². The minimum Gasteiger partial charge on any atom is -0.354 e. The number of pyridine rings is 2. The number of nitrogens with one attached hydrogen (secondary N) is 1. The number of rotatable bonds is 4. The Morgan fingerprint density at radius 3 is 2.76 bits per heavy atom. The number of benzene rings is 1. The van der Waals surface area contributed by atoms with E-state index in [2.05, 4.69) is 22.2 Å². The van der Waals surface area contributed by atoms with Crippen molar-refractivity contribution in [2.75, 3.05) is 11.9 Å². The van der Waals surface area contributed by atoms with Gasteiger partial charge in [0.1, 0.15) is 0 Å². The van der Waals surface area contributed by atoms with Gasteiger partial charge in [-0.25, -0.2) is 9.97 Å². The first-order valence-corrected chi connectivity index (χ1v) is 10.5. The fraction of sp³-hybridized carbons (Fsp3) is 0.348. The van der Waals surface area contributed by atoms with Crippen LogP contribution in [-0.4, -0.2) is 33.4 Å². The lowest BCUT2D eigenvalue weighted by molar-refractivity contribution is 0.0609. The minimum absolute atomic E-state index is 0.0305. The molecule has 29 heavy (non-hydrogen) atoms. The van der Waals surface area contributed by atoms with Gasteiger partial charge in [-0.3, -0.25) is 4.79 Å². The Morgan fingerprint density at radius 1 is 1.21 bits per heavy atom.